The number of benzene rings is 1. The van der Waals surface area contributed by atoms with E-state index in [9.17, 15) is 9.50 Å². The minimum absolute atomic E-state index is 0.244. The monoisotopic (exact) mass is 253 g/mol. The number of aryl methyl sites for hydroxylation is 1. The van der Waals surface area contributed by atoms with Gasteiger partial charge in [-0.05, 0) is 49.4 Å². The molecule has 2 N–H and O–H groups in total. The Labute approximate surface area is 107 Å². The van der Waals surface area contributed by atoms with Crippen molar-refractivity contribution in [3.8, 4) is 0 Å². The second kappa shape index (κ2) is 6.16. The topological polar surface area (TPSA) is 41.5 Å². The third kappa shape index (κ3) is 4.27. The summed E-state index contributed by atoms with van der Waals surface area (Å²) < 4.78 is 18.3. The van der Waals surface area contributed by atoms with Crippen molar-refractivity contribution in [3.63, 3.8) is 0 Å². The number of hydrogen-bond acceptors (Lipinski definition) is 3. The van der Waals surface area contributed by atoms with E-state index < -0.39 is 6.10 Å². The molecule has 1 aliphatic carbocycles. The zero-order chi connectivity index (χ0) is 13.0. The average Bonchev–Trinajstić information content (AvgIpc) is 3.12. The number of halogens is 1. The third-order valence-electron chi connectivity index (χ3n) is 3.08. The van der Waals surface area contributed by atoms with Crippen molar-refractivity contribution < 1.29 is 14.2 Å². The molecule has 0 amide bonds. The first-order valence-corrected chi connectivity index (χ1v) is 6.41. The highest BCUT2D eigenvalue weighted by Gasteiger charge is 2.21. The van der Waals surface area contributed by atoms with Crippen LogP contribution >= 0.6 is 0 Å². The van der Waals surface area contributed by atoms with Gasteiger partial charge in [0.1, 0.15) is 5.82 Å². The molecule has 0 aromatic heterocycles. The van der Waals surface area contributed by atoms with Gasteiger partial charge in [0.15, 0.2) is 0 Å². The Hall–Kier alpha value is -1.13. The predicted octanol–water partition coefficient (Wildman–Crippen LogP) is 2.33. The SMILES string of the molecule is Cc1cc(F)ccc1NCC(O)COCC1CC1. The van der Waals surface area contributed by atoms with E-state index in [0.29, 0.717) is 19.1 Å². The van der Waals surface area contributed by atoms with Gasteiger partial charge in [-0.2, -0.15) is 0 Å². The minimum atomic E-state index is -0.534. The molecule has 3 nitrogen and oxygen atoms in total. The van der Waals surface area contributed by atoms with Crippen molar-refractivity contribution in [1.82, 2.24) is 0 Å². The molecule has 2 rings (SSSR count). The van der Waals surface area contributed by atoms with Crippen LogP contribution in [0.25, 0.3) is 0 Å². The van der Waals surface area contributed by atoms with Crippen LogP contribution in [-0.4, -0.2) is 31.0 Å². The Bertz CT molecular complexity index is 393. The molecule has 0 heterocycles. The number of anilines is 1. The van der Waals surface area contributed by atoms with Gasteiger partial charge in [-0.15, -0.1) is 0 Å². The molecule has 1 aromatic rings. The Balaban J connectivity index is 1.68. The van der Waals surface area contributed by atoms with Crippen molar-refractivity contribution in [2.45, 2.75) is 25.9 Å². The van der Waals surface area contributed by atoms with Crippen LogP contribution in [0.15, 0.2) is 18.2 Å². The molecule has 0 saturated heterocycles. The number of nitrogens with one attached hydrogen (secondary N) is 1. The Morgan fingerprint density at radius 3 is 2.94 bits per heavy atom. The number of aliphatic hydroxyl groups is 1. The smallest absolute Gasteiger partial charge is 0.123 e. The highest BCUT2D eigenvalue weighted by atomic mass is 19.1. The number of rotatable bonds is 7. The quantitative estimate of drug-likeness (QED) is 0.783. The predicted molar refractivity (Wildman–Crippen MR) is 69.2 cm³/mol. The van der Waals surface area contributed by atoms with Gasteiger partial charge < -0.3 is 15.2 Å². The van der Waals surface area contributed by atoms with E-state index in [1.54, 1.807) is 6.07 Å². The summed E-state index contributed by atoms with van der Waals surface area (Å²) in [5, 5.41) is 12.8. The fourth-order valence-corrected chi connectivity index (χ4v) is 1.77. The summed E-state index contributed by atoms with van der Waals surface area (Å²) >= 11 is 0. The molecule has 1 aliphatic rings. The molecule has 0 aliphatic heterocycles. The van der Waals surface area contributed by atoms with E-state index in [1.165, 1.54) is 25.0 Å². The second-order valence-corrected chi connectivity index (χ2v) is 4.97. The molecule has 1 aromatic carbocycles. The Morgan fingerprint density at radius 1 is 1.50 bits per heavy atom. The first-order valence-electron chi connectivity index (χ1n) is 6.41. The third-order valence-corrected chi connectivity index (χ3v) is 3.08. The Morgan fingerprint density at radius 2 is 2.28 bits per heavy atom. The summed E-state index contributed by atoms with van der Waals surface area (Å²) in [4.78, 5) is 0. The van der Waals surface area contributed by atoms with E-state index >= 15 is 0 Å². The van der Waals surface area contributed by atoms with E-state index in [1.807, 2.05) is 6.92 Å². The molecule has 0 spiro atoms. The van der Waals surface area contributed by atoms with Gasteiger partial charge in [-0.3, -0.25) is 0 Å². The van der Waals surface area contributed by atoms with Crippen molar-refractivity contribution >= 4 is 5.69 Å². The molecular weight excluding hydrogens is 233 g/mol. The highest BCUT2D eigenvalue weighted by molar-refractivity contribution is 5.50. The summed E-state index contributed by atoms with van der Waals surface area (Å²) in [7, 11) is 0. The van der Waals surface area contributed by atoms with Crippen molar-refractivity contribution in [1.29, 1.82) is 0 Å². The number of ether oxygens (including phenoxy) is 1. The van der Waals surface area contributed by atoms with E-state index in [4.69, 9.17) is 4.74 Å². The van der Waals surface area contributed by atoms with Crippen molar-refractivity contribution in [2.24, 2.45) is 5.92 Å². The number of hydrogen-bond donors (Lipinski definition) is 2. The fourth-order valence-electron chi connectivity index (χ4n) is 1.77. The first kappa shape index (κ1) is 13.3. The lowest BCUT2D eigenvalue weighted by Crippen LogP contribution is -2.25. The van der Waals surface area contributed by atoms with Gasteiger partial charge in [-0.1, -0.05) is 0 Å². The zero-order valence-corrected chi connectivity index (χ0v) is 10.7. The van der Waals surface area contributed by atoms with Gasteiger partial charge in [0.2, 0.25) is 0 Å². The van der Waals surface area contributed by atoms with Crippen LogP contribution in [0.3, 0.4) is 0 Å². The minimum Gasteiger partial charge on any atom is -0.389 e. The van der Waals surface area contributed by atoms with Crippen LogP contribution in [0.4, 0.5) is 10.1 Å². The molecule has 4 heteroatoms. The van der Waals surface area contributed by atoms with Crippen LogP contribution in [0.1, 0.15) is 18.4 Å². The second-order valence-electron chi connectivity index (χ2n) is 4.97. The lowest BCUT2D eigenvalue weighted by molar-refractivity contribution is 0.0386. The number of aliphatic hydroxyl groups excluding tert-OH is 1. The molecule has 1 unspecified atom stereocenters. The molecule has 100 valence electrons. The van der Waals surface area contributed by atoms with Crippen LogP contribution in [0, 0.1) is 18.7 Å². The maximum absolute atomic E-state index is 12.9. The van der Waals surface area contributed by atoms with Crippen LogP contribution < -0.4 is 5.32 Å². The van der Waals surface area contributed by atoms with Gasteiger partial charge in [0.25, 0.3) is 0 Å². The van der Waals surface area contributed by atoms with Crippen molar-refractivity contribution in [2.75, 3.05) is 25.1 Å². The average molecular weight is 253 g/mol. The fraction of sp³-hybridized carbons (Fsp3) is 0.571. The van der Waals surface area contributed by atoms with Crippen LogP contribution in [0.2, 0.25) is 0 Å². The molecular formula is C14H20FNO2. The zero-order valence-electron chi connectivity index (χ0n) is 10.7. The first-order chi connectivity index (χ1) is 8.65. The van der Waals surface area contributed by atoms with Crippen LogP contribution in [-0.2, 0) is 4.74 Å². The summed E-state index contributed by atoms with van der Waals surface area (Å²) in [5.41, 5.74) is 1.68. The van der Waals surface area contributed by atoms with Gasteiger partial charge in [0.05, 0.1) is 12.7 Å². The Kier molecular flexibility index (Phi) is 4.55. The van der Waals surface area contributed by atoms with E-state index in [0.717, 1.165) is 17.9 Å². The summed E-state index contributed by atoms with van der Waals surface area (Å²) in [5.74, 6) is 0.468. The maximum Gasteiger partial charge on any atom is 0.123 e. The largest absolute Gasteiger partial charge is 0.389 e. The van der Waals surface area contributed by atoms with E-state index in [-0.39, 0.29) is 5.82 Å². The summed E-state index contributed by atoms with van der Waals surface area (Å²) in [6.07, 6.45) is 1.97. The highest BCUT2D eigenvalue weighted by Crippen LogP contribution is 2.28. The molecule has 1 atom stereocenters. The molecule has 1 fully saturated rings. The maximum atomic E-state index is 12.9. The standard InChI is InChI=1S/C14H20FNO2/c1-10-6-12(15)4-5-14(10)16-7-13(17)9-18-8-11-2-3-11/h4-6,11,13,16-17H,2-3,7-9H2,1H3. The molecule has 1 saturated carbocycles. The molecule has 0 bridgehead atoms. The van der Waals surface area contributed by atoms with Gasteiger partial charge >= 0.3 is 0 Å². The summed E-state index contributed by atoms with van der Waals surface area (Å²) in [6.45, 7) is 3.36. The molecule has 18 heavy (non-hydrogen) atoms. The lowest BCUT2D eigenvalue weighted by Gasteiger charge is -2.14. The normalized spacial score (nSPS) is 16.6. The molecule has 0 radical (unpaired) electrons. The van der Waals surface area contributed by atoms with Gasteiger partial charge in [-0.25, -0.2) is 4.39 Å². The van der Waals surface area contributed by atoms with Crippen LogP contribution in [0.5, 0.6) is 0 Å². The summed E-state index contributed by atoms with van der Waals surface area (Å²) in [6, 6.07) is 4.56. The van der Waals surface area contributed by atoms with Gasteiger partial charge in [0, 0.05) is 18.8 Å². The van der Waals surface area contributed by atoms with Crippen molar-refractivity contribution in [3.05, 3.63) is 29.6 Å². The van der Waals surface area contributed by atoms with E-state index in [2.05, 4.69) is 5.32 Å². The lowest BCUT2D eigenvalue weighted by atomic mass is 10.2.